The highest BCUT2D eigenvalue weighted by Gasteiger charge is 2.40. The van der Waals surface area contributed by atoms with E-state index in [1.807, 2.05) is 45.0 Å². The number of nitrogens with zero attached hydrogens (tertiary/aromatic N) is 1. The molecule has 8 nitrogen and oxygen atoms in total. The van der Waals surface area contributed by atoms with Crippen molar-refractivity contribution in [3.8, 4) is 17.2 Å². The van der Waals surface area contributed by atoms with E-state index in [0.29, 0.717) is 46.9 Å². The second kappa shape index (κ2) is 11.0. The number of carbonyl (C=O) groups excluding carboxylic acids is 3. The fourth-order valence-electron chi connectivity index (χ4n) is 4.55. The molecule has 2 heterocycles. The van der Waals surface area contributed by atoms with Gasteiger partial charge in [0.15, 0.2) is 5.78 Å². The Morgan fingerprint density at radius 2 is 1.82 bits per heavy atom. The SMILES string of the molecule is CC(=O)Oc1c(C)c(C)c2c(c1C)C(=O)CC(C)(COc1ccc(CCNC(=O)c3cccnc3)cc1)O2. The lowest BCUT2D eigenvalue weighted by Gasteiger charge is -2.36. The van der Waals surface area contributed by atoms with Gasteiger partial charge in [0.25, 0.3) is 5.91 Å². The van der Waals surface area contributed by atoms with E-state index in [9.17, 15) is 14.4 Å². The Bertz CT molecular complexity index is 1370. The third kappa shape index (κ3) is 5.85. The van der Waals surface area contributed by atoms with Crippen molar-refractivity contribution in [2.45, 2.75) is 53.1 Å². The zero-order chi connectivity index (χ0) is 27.4. The largest absolute Gasteiger partial charge is 0.489 e. The second-order valence-corrected chi connectivity index (χ2v) is 9.83. The lowest BCUT2D eigenvalue weighted by molar-refractivity contribution is -0.132. The molecule has 0 saturated heterocycles. The van der Waals surface area contributed by atoms with Gasteiger partial charge < -0.3 is 19.5 Å². The Morgan fingerprint density at radius 1 is 1.08 bits per heavy atom. The Kier molecular flexibility index (Phi) is 7.80. The normalized spacial score (nSPS) is 16.3. The van der Waals surface area contributed by atoms with E-state index in [1.54, 1.807) is 25.3 Å². The number of Topliss-reactive ketones (excluding diaryl/α,β-unsaturated/α-hetero) is 1. The van der Waals surface area contributed by atoms with E-state index in [0.717, 1.165) is 16.7 Å². The van der Waals surface area contributed by atoms with E-state index in [4.69, 9.17) is 14.2 Å². The van der Waals surface area contributed by atoms with Crippen molar-refractivity contribution in [2.24, 2.45) is 0 Å². The molecule has 198 valence electrons. The number of pyridine rings is 1. The molecule has 1 aliphatic rings. The average Bonchev–Trinajstić information content (AvgIpc) is 2.89. The molecule has 0 bridgehead atoms. The number of fused-ring (bicyclic) bond motifs is 1. The van der Waals surface area contributed by atoms with Crippen molar-refractivity contribution in [1.29, 1.82) is 0 Å². The number of ether oxygens (including phenoxy) is 3. The van der Waals surface area contributed by atoms with Gasteiger partial charge in [-0.3, -0.25) is 19.4 Å². The predicted molar refractivity (Wildman–Crippen MR) is 142 cm³/mol. The summed E-state index contributed by atoms with van der Waals surface area (Å²) in [5.41, 5.74) is 3.33. The van der Waals surface area contributed by atoms with Crippen molar-refractivity contribution in [3.05, 3.63) is 82.2 Å². The van der Waals surface area contributed by atoms with Crippen LogP contribution in [0.25, 0.3) is 0 Å². The second-order valence-electron chi connectivity index (χ2n) is 9.83. The first-order chi connectivity index (χ1) is 18.1. The van der Waals surface area contributed by atoms with E-state index in [2.05, 4.69) is 10.3 Å². The lowest BCUT2D eigenvalue weighted by Crippen LogP contribution is -2.45. The number of benzene rings is 2. The molecule has 8 heteroatoms. The van der Waals surface area contributed by atoms with Crippen LogP contribution in [0.15, 0.2) is 48.8 Å². The van der Waals surface area contributed by atoms with Gasteiger partial charge in [-0.05, 0) is 75.1 Å². The maximum absolute atomic E-state index is 13.2. The standard InChI is InChI=1S/C30H32N2O6/c1-18-19(2)28-26(20(3)27(18)37-21(4)33)25(34)15-30(5,38-28)17-36-24-10-8-22(9-11-24)12-14-32-29(35)23-7-6-13-31-16-23/h6-11,13,16H,12,14-15,17H2,1-5H3,(H,32,35). The zero-order valence-electron chi connectivity index (χ0n) is 22.3. The summed E-state index contributed by atoms with van der Waals surface area (Å²) >= 11 is 0. The molecule has 1 unspecified atom stereocenters. The van der Waals surface area contributed by atoms with Gasteiger partial charge in [-0.1, -0.05) is 12.1 Å². The van der Waals surface area contributed by atoms with Crippen LogP contribution in [0, 0.1) is 20.8 Å². The number of hydrogen-bond acceptors (Lipinski definition) is 7. The number of aromatic nitrogens is 1. The monoisotopic (exact) mass is 516 g/mol. The quantitative estimate of drug-likeness (QED) is 0.342. The first-order valence-corrected chi connectivity index (χ1v) is 12.5. The molecule has 0 saturated carbocycles. The molecule has 1 atom stereocenters. The van der Waals surface area contributed by atoms with Crippen molar-refractivity contribution >= 4 is 17.7 Å². The van der Waals surface area contributed by atoms with Gasteiger partial charge >= 0.3 is 5.97 Å². The minimum absolute atomic E-state index is 0.0740. The first kappa shape index (κ1) is 26.9. The molecule has 3 aromatic rings. The highest BCUT2D eigenvalue weighted by Crippen LogP contribution is 2.44. The number of ketones is 1. The number of rotatable bonds is 8. The van der Waals surface area contributed by atoms with Crippen molar-refractivity contribution in [2.75, 3.05) is 13.2 Å². The molecule has 38 heavy (non-hydrogen) atoms. The van der Waals surface area contributed by atoms with Crippen LogP contribution in [0.1, 0.15) is 63.2 Å². The minimum Gasteiger partial charge on any atom is -0.489 e. The molecule has 2 aromatic carbocycles. The van der Waals surface area contributed by atoms with E-state index in [1.165, 1.54) is 13.1 Å². The Labute approximate surface area is 222 Å². The summed E-state index contributed by atoms with van der Waals surface area (Å²) in [6, 6.07) is 11.1. The van der Waals surface area contributed by atoms with Crippen molar-refractivity contribution in [3.63, 3.8) is 0 Å². The fourth-order valence-corrected chi connectivity index (χ4v) is 4.55. The van der Waals surface area contributed by atoms with E-state index >= 15 is 0 Å². The summed E-state index contributed by atoms with van der Waals surface area (Å²) in [5.74, 6) is 0.932. The maximum Gasteiger partial charge on any atom is 0.308 e. The molecule has 0 spiro atoms. The van der Waals surface area contributed by atoms with Crippen molar-refractivity contribution in [1.82, 2.24) is 10.3 Å². The van der Waals surface area contributed by atoms with Crippen LogP contribution < -0.4 is 19.5 Å². The zero-order valence-corrected chi connectivity index (χ0v) is 22.3. The van der Waals surface area contributed by atoms with Crippen molar-refractivity contribution < 1.29 is 28.6 Å². The summed E-state index contributed by atoms with van der Waals surface area (Å²) in [6.45, 7) is 9.36. The van der Waals surface area contributed by atoms with Gasteiger partial charge in [-0.2, -0.15) is 0 Å². The van der Waals surface area contributed by atoms with E-state index in [-0.39, 0.29) is 24.7 Å². The average molecular weight is 517 g/mol. The Morgan fingerprint density at radius 3 is 2.47 bits per heavy atom. The third-order valence-corrected chi connectivity index (χ3v) is 6.68. The molecule has 0 fully saturated rings. The minimum atomic E-state index is -0.855. The van der Waals surface area contributed by atoms with Crippen LogP contribution >= 0.6 is 0 Å². The Balaban J connectivity index is 1.37. The molecule has 1 amide bonds. The first-order valence-electron chi connectivity index (χ1n) is 12.5. The van der Waals surface area contributed by atoms with Gasteiger partial charge in [0, 0.05) is 31.4 Å². The van der Waals surface area contributed by atoms with Gasteiger partial charge in [0.1, 0.15) is 29.5 Å². The van der Waals surface area contributed by atoms with Crippen LogP contribution in [0.3, 0.4) is 0 Å². The summed E-state index contributed by atoms with van der Waals surface area (Å²) in [6.07, 6.45) is 3.97. The molecule has 0 aliphatic carbocycles. The van der Waals surface area contributed by atoms with Crippen LogP contribution in [-0.4, -0.2) is 41.4 Å². The summed E-state index contributed by atoms with van der Waals surface area (Å²) in [4.78, 5) is 40.9. The molecular formula is C30H32N2O6. The maximum atomic E-state index is 13.2. The third-order valence-electron chi connectivity index (χ3n) is 6.68. The number of amides is 1. The summed E-state index contributed by atoms with van der Waals surface area (Å²) in [5, 5.41) is 2.89. The topological polar surface area (TPSA) is 104 Å². The number of esters is 1. The lowest BCUT2D eigenvalue weighted by atomic mass is 9.86. The highest BCUT2D eigenvalue weighted by atomic mass is 16.5. The van der Waals surface area contributed by atoms with Gasteiger partial charge in [-0.15, -0.1) is 0 Å². The van der Waals surface area contributed by atoms with Crippen LogP contribution in [0.2, 0.25) is 0 Å². The Hall–Kier alpha value is -4.20. The fraction of sp³-hybridized carbons (Fsp3) is 0.333. The summed E-state index contributed by atoms with van der Waals surface area (Å²) < 4.78 is 17.8. The van der Waals surface area contributed by atoms with Gasteiger partial charge in [-0.25, -0.2) is 0 Å². The summed E-state index contributed by atoms with van der Waals surface area (Å²) in [7, 11) is 0. The van der Waals surface area contributed by atoms with Gasteiger partial charge in [0.2, 0.25) is 0 Å². The van der Waals surface area contributed by atoms with E-state index < -0.39 is 11.6 Å². The molecule has 0 radical (unpaired) electrons. The predicted octanol–water partition coefficient (Wildman–Crippen LogP) is 4.71. The molecule has 1 aliphatic heterocycles. The smallest absolute Gasteiger partial charge is 0.308 e. The number of hydrogen-bond donors (Lipinski definition) is 1. The molecule has 4 rings (SSSR count). The number of nitrogens with one attached hydrogen (secondary N) is 1. The van der Waals surface area contributed by atoms with Crippen LogP contribution in [0.4, 0.5) is 0 Å². The molecule has 1 aromatic heterocycles. The molecule has 1 N–H and O–H groups in total. The van der Waals surface area contributed by atoms with Crippen LogP contribution in [0.5, 0.6) is 17.2 Å². The van der Waals surface area contributed by atoms with Crippen LogP contribution in [-0.2, 0) is 11.2 Å². The number of carbonyl (C=O) groups is 3. The molecular weight excluding hydrogens is 484 g/mol. The van der Waals surface area contributed by atoms with Gasteiger partial charge in [0.05, 0.1) is 17.5 Å². The highest BCUT2D eigenvalue weighted by molar-refractivity contribution is 6.03.